The van der Waals surface area contributed by atoms with Gasteiger partial charge in [-0.15, -0.1) is 0 Å². The molecule has 0 atom stereocenters. The molecule has 2 heterocycles. The third kappa shape index (κ3) is 2.33. The van der Waals surface area contributed by atoms with Crippen LogP contribution in [0.5, 0.6) is 0 Å². The van der Waals surface area contributed by atoms with Gasteiger partial charge in [-0.1, -0.05) is 11.6 Å². The molecule has 0 bridgehead atoms. The number of aromatic nitrogens is 4. The molecule has 0 unspecified atom stereocenters. The van der Waals surface area contributed by atoms with Gasteiger partial charge in [0, 0.05) is 17.6 Å². The molecule has 0 fully saturated rings. The van der Waals surface area contributed by atoms with Crippen LogP contribution in [0.1, 0.15) is 17.2 Å². The highest BCUT2D eigenvalue weighted by Gasteiger charge is 2.03. The van der Waals surface area contributed by atoms with E-state index in [0.717, 1.165) is 11.4 Å². The second-order valence-corrected chi connectivity index (χ2v) is 3.77. The van der Waals surface area contributed by atoms with Crippen molar-refractivity contribution in [3.63, 3.8) is 0 Å². The summed E-state index contributed by atoms with van der Waals surface area (Å²) in [4.78, 5) is 8.44. The Labute approximate surface area is 92.9 Å². The van der Waals surface area contributed by atoms with Crippen LogP contribution in [0.4, 0.5) is 0 Å². The lowest BCUT2D eigenvalue weighted by Gasteiger charge is -2.04. The summed E-state index contributed by atoms with van der Waals surface area (Å²) in [6, 6.07) is 3.68. The number of halogens is 1. The van der Waals surface area contributed by atoms with Crippen molar-refractivity contribution in [3.8, 4) is 0 Å². The maximum atomic E-state index is 5.85. The summed E-state index contributed by atoms with van der Waals surface area (Å²) >= 11 is 5.85. The van der Waals surface area contributed by atoms with Crippen LogP contribution in [0.3, 0.4) is 0 Å². The van der Waals surface area contributed by atoms with Crippen molar-refractivity contribution in [2.45, 2.75) is 20.4 Å². The van der Waals surface area contributed by atoms with Crippen LogP contribution in [0.25, 0.3) is 0 Å². The molecule has 0 saturated heterocycles. The van der Waals surface area contributed by atoms with Gasteiger partial charge in [-0.3, -0.25) is 4.68 Å². The highest BCUT2D eigenvalue weighted by molar-refractivity contribution is 6.29. The third-order valence-electron chi connectivity index (χ3n) is 2.09. The van der Waals surface area contributed by atoms with Crippen LogP contribution >= 0.6 is 11.6 Å². The standard InChI is InChI=1S/C10H11ClN4/c1-7-5-9(11)14-10(13-7)6-15-8(2)3-4-12-15/h3-5H,6H2,1-2H3. The van der Waals surface area contributed by atoms with Crippen LogP contribution in [0.2, 0.25) is 5.15 Å². The smallest absolute Gasteiger partial charge is 0.151 e. The van der Waals surface area contributed by atoms with Gasteiger partial charge in [0.1, 0.15) is 11.7 Å². The molecule has 2 aromatic heterocycles. The summed E-state index contributed by atoms with van der Waals surface area (Å²) in [7, 11) is 0. The Morgan fingerprint density at radius 2 is 2.13 bits per heavy atom. The summed E-state index contributed by atoms with van der Waals surface area (Å²) in [5.41, 5.74) is 1.95. The van der Waals surface area contributed by atoms with E-state index in [0.29, 0.717) is 17.5 Å². The molecule has 2 rings (SSSR count). The second kappa shape index (κ2) is 3.98. The lowest BCUT2D eigenvalue weighted by molar-refractivity contribution is 0.635. The predicted molar refractivity (Wildman–Crippen MR) is 57.8 cm³/mol. The molecule has 5 heteroatoms. The summed E-state index contributed by atoms with van der Waals surface area (Å²) in [6.07, 6.45) is 1.76. The Bertz CT molecular complexity index is 458. The molecule has 0 aliphatic carbocycles. The van der Waals surface area contributed by atoms with E-state index >= 15 is 0 Å². The minimum absolute atomic E-state index is 0.474. The molecule has 0 saturated carbocycles. The number of nitrogens with zero attached hydrogens (tertiary/aromatic N) is 4. The van der Waals surface area contributed by atoms with E-state index in [2.05, 4.69) is 15.1 Å². The van der Waals surface area contributed by atoms with Crippen molar-refractivity contribution in [1.29, 1.82) is 0 Å². The van der Waals surface area contributed by atoms with Crippen LogP contribution in [0.15, 0.2) is 18.3 Å². The van der Waals surface area contributed by atoms with Crippen LogP contribution in [0, 0.1) is 13.8 Å². The molecular formula is C10H11ClN4. The number of rotatable bonds is 2. The third-order valence-corrected chi connectivity index (χ3v) is 2.28. The van der Waals surface area contributed by atoms with Gasteiger partial charge in [-0.25, -0.2) is 9.97 Å². The largest absolute Gasteiger partial charge is 0.262 e. The van der Waals surface area contributed by atoms with Gasteiger partial charge < -0.3 is 0 Å². The number of hydrogen-bond donors (Lipinski definition) is 0. The van der Waals surface area contributed by atoms with Gasteiger partial charge in [0.15, 0.2) is 5.82 Å². The zero-order chi connectivity index (χ0) is 10.8. The fraction of sp³-hybridized carbons (Fsp3) is 0.300. The highest BCUT2D eigenvalue weighted by atomic mass is 35.5. The first-order valence-corrected chi connectivity index (χ1v) is 5.01. The quantitative estimate of drug-likeness (QED) is 0.730. The molecule has 0 aromatic carbocycles. The Morgan fingerprint density at radius 3 is 2.73 bits per heavy atom. The molecular weight excluding hydrogens is 212 g/mol. The Morgan fingerprint density at radius 1 is 1.33 bits per heavy atom. The molecule has 0 aliphatic heterocycles. The summed E-state index contributed by atoms with van der Waals surface area (Å²) < 4.78 is 1.84. The van der Waals surface area contributed by atoms with Gasteiger partial charge in [0.2, 0.25) is 0 Å². The van der Waals surface area contributed by atoms with Crippen molar-refractivity contribution in [2.75, 3.05) is 0 Å². The van der Waals surface area contributed by atoms with Crippen molar-refractivity contribution in [3.05, 3.63) is 40.7 Å². The van der Waals surface area contributed by atoms with Gasteiger partial charge in [-0.05, 0) is 26.0 Å². The molecule has 15 heavy (non-hydrogen) atoms. The Hall–Kier alpha value is -1.42. The topological polar surface area (TPSA) is 43.6 Å². The fourth-order valence-electron chi connectivity index (χ4n) is 1.36. The van der Waals surface area contributed by atoms with Crippen LogP contribution < -0.4 is 0 Å². The Balaban J connectivity index is 2.28. The van der Waals surface area contributed by atoms with E-state index < -0.39 is 0 Å². The van der Waals surface area contributed by atoms with E-state index in [-0.39, 0.29) is 0 Å². The van der Waals surface area contributed by atoms with Crippen molar-refractivity contribution in [1.82, 2.24) is 19.7 Å². The first-order chi connectivity index (χ1) is 7.15. The fourth-order valence-corrected chi connectivity index (χ4v) is 1.61. The van der Waals surface area contributed by atoms with E-state index in [1.165, 1.54) is 0 Å². The van der Waals surface area contributed by atoms with Gasteiger partial charge in [0.25, 0.3) is 0 Å². The zero-order valence-electron chi connectivity index (χ0n) is 8.61. The maximum absolute atomic E-state index is 5.85. The van der Waals surface area contributed by atoms with Crippen molar-refractivity contribution >= 4 is 11.6 Å². The first kappa shape index (κ1) is 10.1. The van der Waals surface area contributed by atoms with E-state index in [9.17, 15) is 0 Å². The molecule has 0 spiro atoms. The maximum Gasteiger partial charge on any atom is 0.151 e. The minimum atomic E-state index is 0.474. The monoisotopic (exact) mass is 222 g/mol. The Kier molecular flexibility index (Phi) is 2.68. The SMILES string of the molecule is Cc1cc(Cl)nc(Cn2nccc2C)n1. The molecule has 78 valence electrons. The lowest BCUT2D eigenvalue weighted by atomic mass is 10.4. The van der Waals surface area contributed by atoms with Crippen LogP contribution in [-0.4, -0.2) is 19.7 Å². The van der Waals surface area contributed by atoms with Gasteiger partial charge >= 0.3 is 0 Å². The summed E-state index contributed by atoms with van der Waals surface area (Å²) in [6.45, 7) is 4.44. The molecule has 0 radical (unpaired) electrons. The molecule has 2 aromatic rings. The van der Waals surface area contributed by atoms with Gasteiger partial charge in [0.05, 0.1) is 0 Å². The second-order valence-electron chi connectivity index (χ2n) is 3.38. The predicted octanol–water partition coefficient (Wildman–Crippen LogP) is 1.99. The minimum Gasteiger partial charge on any atom is -0.262 e. The van der Waals surface area contributed by atoms with E-state index in [4.69, 9.17) is 11.6 Å². The first-order valence-electron chi connectivity index (χ1n) is 4.63. The number of hydrogen-bond acceptors (Lipinski definition) is 3. The van der Waals surface area contributed by atoms with Crippen LogP contribution in [-0.2, 0) is 6.54 Å². The van der Waals surface area contributed by atoms with Crippen molar-refractivity contribution in [2.24, 2.45) is 0 Å². The van der Waals surface area contributed by atoms with Gasteiger partial charge in [-0.2, -0.15) is 5.10 Å². The molecule has 0 aliphatic rings. The molecule has 0 amide bonds. The lowest BCUT2D eigenvalue weighted by Crippen LogP contribution is -2.08. The molecule has 4 nitrogen and oxygen atoms in total. The normalized spacial score (nSPS) is 10.6. The average molecular weight is 223 g/mol. The summed E-state index contributed by atoms with van der Waals surface area (Å²) in [5.74, 6) is 0.687. The zero-order valence-corrected chi connectivity index (χ0v) is 9.36. The van der Waals surface area contributed by atoms with Crippen molar-refractivity contribution < 1.29 is 0 Å². The average Bonchev–Trinajstić information content (AvgIpc) is 2.50. The van der Waals surface area contributed by atoms with E-state index in [1.807, 2.05) is 24.6 Å². The number of aryl methyl sites for hydroxylation is 2. The van der Waals surface area contributed by atoms with E-state index in [1.54, 1.807) is 12.3 Å². The molecule has 0 N–H and O–H groups in total. The highest BCUT2D eigenvalue weighted by Crippen LogP contribution is 2.08. The summed E-state index contributed by atoms with van der Waals surface area (Å²) in [5, 5.41) is 4.64.